The molecule has 0 bridgehead atoms. The number of carbonyl (C=O) groups excluding carboxylic acids is 2. The SMILES string of the molecule is Cn1c(=O)n(C2CCC(=O)NC2=O)c2ccc(N3CCN(CCCS(=O)(=O)N4CCC(Nc5ncc(C(F)(F)F)cn5)CC4)CC3)cc21. The lowest BCUT2D eigenvalue weighted by Gasteiger charge is -2.36. The van der Waals surface area contributed by atoms with Gasteiger partial charge >= 0.3 is 11.9 Å². The van der Waals surface area contributed by atoms with Gasteiger partial charge in [0.25, 0.3) is 0 Å². The summed E-state index contributed by atoms with van der Waals surface area (Å²) in [4.78, 5) is 49.1. The Morgan fingerprint density at radius 3 is 2.29 bits per heavy atom. The Hall–Kier alpha value is -4.03. The van der Waals surface area contributed by atoms with Gasteiger partial charge in [-0.25, -0.2) is 27.5 Å². The molecule has 2 N–H and O–H groups in total. The van der Waals surface area contributed by atoms with Gasteiger partial charge in [-0.05, 0) is 50.4 Å². The monoisotopic (exact) mass is 693 g/mol. The van der Waals surface area contributed by atoms with Gasteiger partial charge in [0.1, 0.15) is 6.04 Å². The highest BCUT2D eigenvalue weighted by molar-refractivity contribution is 7.89. The largest absolute Gasteiger partial charge is 0.419 e. The number of amides is 2. The van der Waals surface area contributed by atoms with Crippen molar-refractivity contribution in [3.05, 3.63) is 46.6 Å². The van der Waals surface area contributed by atoms with Crippen molar-refractivity contribution in [2.24, 2.45) is 7.05 Å². The second-order valence-corrected chi connectivity index (χ2v) is 14.5. The fourth-order valence-corrected chi connectivity index (χ4v) is 8.14. The number of fused-ring (bicyclic) bond motifs is 1. The van der Waals surface area contributed by atoms with Gasteiger partial charge in [-0.15, -0.1) is 0 Å². The van der Waals surface area contributed by atoms with Crippen LogP contribution in [-0.4, -0.2) is 106 Å². The van der Waals surface area contributed by atoms with Crippen LogP contribution in [0, 0.1) is 0 Å². The summed E-state index contributed by atoms with van der Waals surface area (Å²) >= 11 is 0. The molecule has 2 amide bonds. The van der Waals surface area contributed by atoms with E-state index in [2.05, 4.69) is 30.4 Å². The van der Waals surface area contributed by atoms with Crippen LogP contribution in [-0.2, 0) is 32.8 Å². The van der Waals surface area contributed by atoms with Crippen LogP contribution in [0.2, 0.25) is 0 Å². The third kappa shape index (κ3) is 7.19. The van der Waals surface area contributed by atoms with Gasteiger partial charge in [0, 0.05) is 76.9 Å². The first-order chi connectivity index (χ1) is 22.8. The number of piperazine rings is 1. The van der Waals surface area contributed by atoms with Gasteiger partial charge in [0.05, 0.1) is 22.3 Å². The van der Waals surface area contributed by atoms with Crippen LogP contribution in [0.15, 0.2) is 35.4 Å². The Morgan fingerprint density at radius 2 is 1.65 bits per heavy atom. The number of imide groups is 1. The standard InChI is InChI=1S/C30H38F3N9O5S/c1-38-25-17-22(3-4-23(25)42(29(38)45)24-5-6-26(43)37-27(24)44)40-14-12-39(13-15-40)9-2-16-48(46,47)41-10-7-21(8-11-41)36-28-34-18-20(19-35-28)30(31,32)33/h3-4,17-19,21,24H,2,5-16H2,1H3,(H,34,35,36)(H,37,43,44). The molecule has 3 aromatic rings. The van der Waals surface area contributed by atoms with Crippen molar-refractivity contribution in [2.75, 3.05) is 61.8 Å². The lowest BCUT2D eigenvalue weighted by atomic mass is 10.1. The van der Waals surface area contributed by atoms with Crippen LogP contribution in [0.25, 0.3) is 11.0 Å². The fourth-order valence-electron chi connectivity index (χ4n) is 6.62. The molecule has 3 aliphatic rings. The number of hydrogen-bond donors (Lipinski definition) is 2. The van der Waals surface area contributed by atoms with Gasteiger partial charge in [-0.1, -0.05) is 0 Å². The van der Waals surface area contributed by atoms with Gasteiger partial charge in [0.15, 0.2) is 0 Å². The van der Waals surface area contributed by atoms with Gasteiger partial charge in [0.2, 0.25) is 27.8 Å². The summed E-state index contributed by atoms with van der Waals surface area (Å²) in [7, 11) is -1.79. The third-order valence-electron chi connectivity index (χ3n) is 9.37. The van der Waals surface area contributed by atoms with Crippen LogP contribution < -0.4 is 21.2 Å². The Morgan fingerprint density at radius 1 is 0.958 bits per heavy atom. The lowest BCUT2D eigenvalue weighted by Crippen LogP contribution is -2.47. The van der Waals surface area contributed by atoms with E-state index in [1.54, 1.807) is 7.05 Å². The molecule has 14 nitrogen and oxygen atoms in total. The molecule has 5 heterocycles. The smallest absolute Gasteiger partial charge is 0.369 e. The number of benzene rings is 1. The molecule has 1 atom stereocenters. The van der Waals surface area contributed by atoms with E-state index >= 15 is 0 Å². The number of aromatic nitrogens is 4. The van der Waals surface area contributed by atoms with Crippen molar-refractivity contribution in [2.45, 2.75) is 50.4 Å². The number of anilines is 2. The zero-order chi connectivity index (χ0) is 34.2. The summed E-state index contributed by atoms with van der Waals surface area (Å²) in [5, 5.41) is 5.32. The lowest BCUT2D eigenvalue weighted by molar-refractivity contribution is -0.138. The van der Waals surface area contributed by atoms with Crippen molar-refractivity contribution in [1.82, 2.24) is 33.6 Å². The first kappa shape index (κ1) is 33.9. The summed E-state index contributed by atoms with van der Waals surface area (Å²) in [5.41, 5.74) is 1.04. The molecule has 48 heavy (non-hydrogen) atoms. The van der Waals surface area contributed by atoms with Gasteiger partial charge in [-0.3, -0.25) is 28.9 Å². The quantitative estimate of drug-likeness (QED) is 0.316. The predicted octanol–water partition coefficient (Wildman–Crippen LogP) is 1.54. The van der Waals surface area contributed by atoms with Crippen molar-refractivity contribution >= 4 is 44.5 Å². The normalized spacial score (nSPS) is 20.8. The minimum absolute atomic E-state index is 0.0299. The van der Waals surface area contributed by atoms with E-state index in [4.69, 9.17) is 0 Å². The van der Waals surface area contributed by atoms with Crippen molar-refractivity contribution in [3.63, 3.8) is 0 Å². The number of rotatable bonds is 9. The summed E-state index contributed by atoms with van der Waals surface area (Å²) in [5.74, 6) is -0.695. The summed E-state index contributed by atoms with van der Waals surface area (Å²) < 4.78 is 68.8. The minimum Gasteiger partial charge on any atom is -0.369 e. The number of piperidine rings is 2. The highest BCUT2D eigenvalue weighted by Crippen LogP contribution is 2.29. The number of hydrogen-bond acceptors (Lipinski definition) is 10. The number of nitrogens with one attached hydrogen (secondary N) is 2. The molecule has 18 heteroatoms. The van der Waals surface area contributed by atoms with Crippen molar-refractivity contribution < 1.29 is 31.2 Å². The highest BCUT2D eigenvalue weighted by atomic mass is 32.2. The highest BCUT2D eigenvalue weighted by Gasteiger charge is 2.33. The first-order valence-electron chi connectivity index (χ1n) is 16.0. The van der Waals surface area contributed by atoms with Crippen molar-refractivity contribution in [3.8, 4) is 0 Å². The number of alkyl halides is 3. The van der Waals surface area contributed by atoms with E-state index in [9.17, 15) is 36.0 Å². The number of imidazole rings is 1. The predicted molar refractivity (Wildman–Crippen MR) is 171 cm³/mol. The molecule has 1 aromatic carbocycles. The first-order valence-corrected chi connectivity index (χ1v) is 17.6. The maximum absolute atomic E-state index is 13.1. The van der Waals surface area contributed by atoms with Gasteiger partial charge in [-0.2, -0.15) is 13.2 Å². The maximum Gasteiger partial charge on any atom is 0.419 e. The van der Waals surface area contributed by atoms with Crippen LogP contribution >= 0.6 is 0 Å². The average Bonchev–Trinajstić information content (AvgIpc) is 3.30. The van der Waals surface area contributed by atoms with E-state index in [0.29, 0.717) is 49.9 Å². The molecule has 0 radical (unpaired) electrons. The molecule has 3 fully saturated rings. The molecule has 3 saturated heterocycles. The number of halogens is 3. The van der Waals surface area contributed by atoms with Crippen LogP contribution in [0.4, 0.5) is 24.8 Å². The maximum atomic E-state index is 13.1. The molecule has 6 rings (SSSR count). The Balaban J connectivity index is 0.959. The summed E-state index contributed by atoms with van der Waals surface area (Å²) in [6.07, 6.45) is -1.13. The third-order valence-corrected chi connectivity index (χ3v) is 11.3. The molecule has 0 spiro atoms. The number of sulfonamides is 1. The second-order valence-electron chi connectivity index (χ2n) is 12.5. The number of aryl methyl sites for hydroxylation is 1. The van der Waals surface area contributed by atoms with E-state index in [0.717, 1.165) is 44.3 Å². The zero-order valence-corrected chi connectivity index (χ0v) is 27.3. The number of nitrogens with zero attached hydrogens (tertiary/aromatic N) is 7. The molecular formula is C30H38F3N9O5S. The van der Waals surface area contributed by atoms with Crippen molar-refractivity contribution in [1.29, 1.82) is 0 Å². The van der Waals surface area contributed by atoms with E-state index < -0.39 is 33.7 Å². The van der Waals surface area contributed by atoms with Crippen LogP contribution in [0.3, 0.4) is 0 Å². The fraction of sp³-hybridized carbons (Fsp3) is 0.567. The molecular weight excluding hydrogens is 655 g/mol. The van der Waals surface area contributed by atoms with Crippen LogP contribution in [0.5, 0.6) is 0 Å². The van der Waals surface area contributed by atoms with E-state index in [1.165, 1.54) is 13.4 Å². The molecule has 2 aromatic heterocycles. The topological polar surface area (TPSA) is 155 Å². The minimum atomic E-state index is -4.51. The zero-order valence-electron chi connectivity index (χ0n) is 26.4. The summed E-state index contributed by atoms with van der Waals surface area (Å²) in [6, 6.07) is 4.84. The molecule has 1 unspecified atom stereocenters. The molecule has 3 aliphatic heterocycles. The molecule has 0 saturated carbocycles. The molecule has 260 valence electrons. The summed E-state index contributed by atoms with van der Waals surface area (Å²) in [6.45, 7) is 4.21. The molecule has 0 aliphatic carbocycles. The Kier molecular flexibility index (Phi) is 9.50. The Bertz CT molecular complexity index is 1830. The van der Waals surface area contributed by atoms with Gasteiger partial charge < -0.3 is 10.2 Å². The number of carbonyl (C=O) groups is 2. The van der Waals surface area contributed by atoms with Crippen LogP contribution in [0.1, 0.15) is 43.7 Å². The Labute approximate surface area is 274 Å². The van der Waals surface area contributed by atoms with E-state index in [-0.39, 0.29) is 42.2 Å². The van der Waals surface area contributed by atoms with E-state index in [1.807, 2.05) is 18.2 Å². The average molecular weight is 694 g/mol. The second kappa shape index (κ2) is 13.5.